The molecule has 94 valence electrons. The average molecular weight is 242 g/mol. The Morgan fingerprint density at radius 3 is 3.22 bits per heavy atom. The number of pyridine rings is 1. The van der Waals surface area contributed by atoms with Crippen LogP contribution < -0.4 is 10.2 Å². The van der Waals surface area contributed by atoms with Gasteiger partial charge < -0.3 is 10.2 Å². The van der Waals surface area contributed by atoms with Gasteiger partial charge in [-0.15, -0.1) is 0 Å². The summed E-state index contributed by atoms with van der Waals surface area (Å²) in [5, 5.41) is 12.7. The number of hydrogen-bond donors (Lipinski definition) is 1. The van der Waals surface area contributed by atoms with Crippen molar-refractivity contribution in [3.8, 4) is 6.07 Å². The van der Waals surface area contributed by atoms with Gasteiger partial charge in [-0.3, -0.25) is 0 Å². The van der Waals surface area contributed by atoms with Crippen molar-refractivity contribution in [1.82, 2.24) is 10.3 Å². The minimum atomic E-state index is 0.520. The van der Waals surface area contributed by atoms with Crippen LogP contribution in [0.1, 0.15) is 18.9 Å². The first-order valence-corrected chi connectivity index (χ1v) is 6.67. The van der Waals surface area contributed by atoms with Crippen LogP contribution in [0.15, 0.2) is 18.3 Å². The number of aromatic nitrogens is 1. The molecule has 0 saturated carbocycles. The summed E-state index contributed by atoms with van der Waals surface area (Å²) in [5.74, 6) is 2.30. The Hall–Kier alpha value is -1.60. The highest BCUT2D eigenvalue weighted by atomic mass is 15.3. The molecule has 0 aliphatic carbocycles. The average Bonchev–Trinajstić information content (AvgIpc) is 2.98. The monoisotopic (exact) mass is 242 g/mol. The minimum absolute atomic E-state index is 0.520. The maximum atomic E-state index is 9.21. The molecule has 18 heavy (non-hydrogen) atoms. The Bertz CT molecular complexity index is 479. The van der Waals surface area contributed by atoms with E-state index in [-0.39, 0.29) is 0 Å². The maximum Gasteiger partial charge on any atom is 0.146 e. The van der Waals surface area contributed by atoms with Crippen LogP contribution >= 0.6 is 0 Å². The van der Waals surface area contributed by atoms with Crippen molar-refractivity contribution in [1.29, 1.82) is 5.26 Å². The van der Waals surface area contributed by atoms with Crippen LogP contribution in [0.3, 0.4) is 0 Å². The van der Waals surface area contributed by atoms with Crippen molar-refractivity contribution < 1.29 is 0 Å². The van der Waals surface area contributed by atoms with E-state index in [2.05, 4.69) is 28.2 Å². The van der Waals surface area contributed by atoms with Crippen LogP contribution in [0.2, 0.25) is 0 Å². The molecule has 2 aliphatic heterocycles. The van der Waals surface area contributed by atoms with Crippen LogP contribution in [0.25, 0.3) is 0 Å². The van der Waals surface area contributed by atoms with Crippen molar-refractivity contribution in [2.24, 2.45) is 11.8 Å². The molecule has 2 fully saturated rings. The molecule has 0 radical (unpaired) electrons. The summed E-state index contributed by atoms with van der Waals surface area (Å²) in [6.45, 7) is 5.47. The molecular formula is C14H18N4. The summed E-state index contributed by atoms with van der Waals surface area (Å²) < 4.78 is 0. The molecule has 3 rings (SSSR count). The maximum absolute atomic E-state index is 9.21. The number of rotatable bonds is 2. The fourth-order valence-electron chi connectivity index (χ4n) is 3.50. The van der Waals surface area contributed by atoms with Gasteiger partial charge in [-0.2, -0.15) is 5.26 Å². The minimum Gasteiger partial charge on any atom is -0.352 e. The molecule has 0 bridgehead atoms. The third-order valence-corrected chi connectivity index (χ3v) is 4.32. The number of nitrogens with one attached hydrogen (secondary N) is 1. The molecule has 4 heteroatoms. The second kappa shape index (κ2) is 4.58. The molecule has 1 aromatic heterocycles. The number of nitriles is 1. The first-order chi connectivity index (χ1) is 8.85. The summed E-state index contributed by atoms with van der Waals surface area (Å²) in [5.41, 5.74) is 0.698. The quantitative estimate of drug-likeness (QED) is 0.851. The molecule has 1 N–H and O–H groups in total. The Balaban J connectivity index is 1.95. The molecule has 3 heterocycles. The van der Waals surface area contributed by atoms with Gasteiger partial charge in [0.25, 0.3) is 0 Å². The first-order valence-electron chi connectivity index (χ1n) is 6.67. The van der Waals surface area contributed by atoms with E-state index in [4.69, 9.17) is 0 Å². The number of nitrogens with zero attached hydrogens (tertiary/aromatic N) is 3. The van der Waals surface area contributed by atoms with E-state index in [9.17, 15) is 5.26 Å². The van der Waals surface area contributed by atoms with Crippen molar-refractivity contribution in [2.45, 2.75) is 19.4 Å². The van der Waals surface area contributed by atoms with Gasteiger partial charge in [-0.1, -0.05) is 6.92 Å². The third kappa shape index (κ3) is 1.67. The SMILES string of the molecule is CCC1C2CNCC2CN1c1ncccc1C#N. The second-order valence-electron chi connectivity index (χ2n) is 5.20. The smallest absolute Gasteiger partial charge is 0.146 e. The zero-order valence-corrected chi connectivity index (χ0v) is 10.6. The molecule has 2 aliphatic rings. The molecule has 4 nitrogen and oxygen atoms in total. The van der Waals surface area contributed by atoms with E-state index in [1.54, 1.807) is 6.20 Å². The van der Waals surface area contributed by atoms with Crippen LogP contribution in [0.5, 0.6) is 0 Å². The Morgan fingerprint density at radius 1 is 1.56 bits per heavy atom. The predicted molar refractivity (Wildman–Crippen MR) is 70.2 cm³/mol. The van der Waals surface area contributed by atoms with Gasteiger partial charge in [0.2, 0.25) is 0 Å². The molecule has 0 amide bonds. The Kier molecular flexibility index (Phi) is 2.92. The lowest BCUT2D eigenvalue weighted by atomic mass is 9.93. The Labute approximate surface area is 108 Å². The zero-order valence-electron chi connectivity index (χ0n) is 10.6. The molecule has 3 atom stereocenters. The van der Waals surface area contributed by atoms with Crippen LogP contribution in [0, 0.1) is 23.2 Å². The summed E-state index contributed by atoms with van der Waals surface area (Å²) in [6, 6.07) is 6.48. The lowest BCUT2D eigenvalue weighted by Gasteiger charge is -2.28. The summed E-state index contributed by atoms with van der Waals surface area (Å²) in [6.07, 6.45) is 2.90. The van der Waals surface area contributed by atoms with E-state index >= 15 is 0 Å². The summed E-state index contributed by atoms with van der Waals surface area (Å²) in [4.78, 5) is 6.80. The largest absolute Gasteiger partial charge is 0.352 e. The highest BCUT2D eigenvalue weighted by molar-refractivity contribution is 5.55. The zero-order chi connectivity index (χ0) is 12.5. The molecular weight excluding hydrogens is 224 g/mol. The van der Waals surface area contributed by atoms with Gasteiger partial charge in [-0.05, 0) is 30.4 Å². The molecule has 0 aromatic carbocycles. The molecule has 1 aromatic rings. The fraction of sp³-hybridized carbons (Fsp3) is 0.571. The molecule has 0 spiro atoms. The Morgan fingerprint density at radius 2 is 2.44 bits per heavy atom. The van der Waals surface area contributed by atoms with Gasteiger partial charge in [0, 0.05) is 31.9 Å². The lowest BCUT2D eigenvalue weighted by molar-refractivity contribution is 0.441. The number of anilines is 1. The van der Waals surface area contributed by atoms with Gasteiger partial charge in [0.1, 0.15) is 11.9 Å². The van der Waals surface area contributed by atoms with Gasteiger partial charge in [0.05, 0.1) is 5.56 Å². The van der Waals surface area contributed by atoms with E-state index in [1.165, 1.54) is 0 Å². The van der Waals surface area contributed by atoms with Gasteiger partial charge in [-0.25, -0.2) is 4.98 Å². The van der Waals surface area contributed by atoms with Crippen molar-refractivity contribution >= 4 is 5.82 Å². The normalized spacial score (nSPS) is 30.2. The van der Waals surface area contributed by atoms with Gasteiger partial charge in [0.15, 0.2) is 0 Å². The fourth-order valence-corrected chi connectivity index (χ4v) is 3.50. The summed E-state index contributed by atoms with van der Waals surface area (Å²) in [7, 11) is 0. The van der Waals surface area contributed by atoms with Crippen molar-refractivity contribution in [2.75, 3.05) is 24.5 Å². The highest BCUT2D eigenvalue weighted by Gasteiger charge is 2.44. The number of hydrogen-bond acceptors (Lipinski definition) is 4. The van der Waals surface area contributed by atoms with Crippen molar-refractivity contribution in [3.63, 3.8) is 0 Å². The standard InChI is InChI=1S/C14H18N4/c1-2-13-12-8-16-7-11(12)9-18(13)14-10(6-15)4-3-5-17-14/h3-5,11-13,16H,2,7-9H2,1H3. The topological polar surface area (TPSA) is 52.0 Å². The van der Waals surface area contributed by atoms with Crippen molar-refractivity contribution in [3.05, 3.63) is 23.9 Å². The first kappa shape index (κ1) is 11.5. The van der Waals surface area contributed by atoms with E-state index in [0.29, 0.717) is 23.4 Å². The van der Waals surface area contributed by atoms with Gasteiger partial charge >= 0.3 is 0 Å². The van der Waals surface area contributed by atoms with Crippen LogP contribution in [0.4, 0.5) is 5.82 Å². The number of fused-ring (bicyclic) bond motifs is 1. The molecule has 3 unspecified atom stereocenters. The van der Waals surface area contributed by atoms with E-state index in [1.807, 2.05) is 12.1 Å². The van der Waals surface area contributed by atoms with E-state index < -0.39 is 0 Å². The summed E-state index contributed by atoms with van der Waals surface area (Å²) >= 11 is 0. The van der Waals surface area contributed by atoms with Crippen LogP contribution in [-0.4, -0.2) is 30.7 Å². The lowest BCUT2D eigenvalue weighted by Crippen LogP contribution is -2.36. The molecule has 2 saturated heterocycles. The van der Waals surface area contributed by atoms with Crippen LogP contribution in [-0.2, 0) is 0 Å². The van der Waals surface area contributed by atoms with E-state index in [0.717, 1.165) is 31.9 Å². The highest BCUT2D eigenvalue weighted by Crippen LogP contribution is 2.37. The second-order valence-corrected chi connectivity index (χ2v) is 5.20. The third-order valence-electron chi connectivity index (χ3n) is 4.32. The predicted octanol–water partition coefficient (Wildman–Crippen LogP) is 1.39.